The maximum absolute atomic E-state index is 11.9. The van der Waals surface area contributed by atoms with Gasteiger partial charge in [0.2, 0.25) is 5.91 Å². The van der Waals surface area contributed by atoms with Gasteiger partial charge in [-0.25, -0.2) is 0 Å². The number of carbonyl (C=O) groups excluding carboxylic acids is 2. The maximum Gasteiger partial charge on any atom is 0.323 e. The molecule has 0 bridgehead atoms. The Bertz CT molecular complexity index is 314. The molecule has 0 aromatic heterocycles. The second-order valence-corrected chi connectivity index (χ2v) is 5.43. The van der Waals surface area contributed by atoms with E-state index in [1.807, 2.05) is 6.92 Å². The molecule has 19 heavy (non-hydrogen) atoms. The van der Waals surface area contributed by atoms with Crippen LogP contribution in [0.4, 0.5) is 0 Å². The lowest BCUT2D eigenvalue weighted by molar-refractivity contribution is -0.144. The lowest BCUT2D eigenvalue weighted by atomic mass is 10.3. The van der Waals surface area contributed by atoms with Crippen molar-refractivity contribution in [2.24, 2.45) is 5.73 Å². The molecule has 0 aliphatic carbocycles. The molecule has 1 fully saturated rings. The molecule has 7 heteroatoms. The van der Waals surface area contributed by atoms with E-state index in [0.29, 0.717) is 37.8 Å². The second kappa shape index (κ2) is 8.39. The number of hydrogen-bond donors (Lipinski definition) is 1. The van der Waals surface area contributed by atoms with Gasteiger partial charge in [0.05, 0.1) is 25.1 Å². The highest BCUT2D eigenvalue weighted by molar-refractivity contribution is 8.00. The third-order valence-electron chi connectivity index (χ3n) is 2.71. The SMILES string of the molecule is CCOC(=O)C(N)CSCC(=O)N1CCOC(C)C1. The van der Waals surface area contributed by atoms with E-state index in [1.165, 1.54) is 11.8 Å². The summed E-state index contributed by atoms with van der Waals surface area (Å²) in [6.07, 6.45) is 0.0875. The van der Waals surface area contributed by atoms with Gasteiger partial charge in [0.15, 0.2) is 0 Å². The number of rotatable bonds is 6. The zero-order chi connectivity index (χ0) is 14.3. The van der Waals surface area contributed by atoms with Gasteiger partial charge in [-0.3, -0.25) is 9.59 Å². The molecule has 1 aliphatic rings. The first kappa shape index (κ1) is 16.3. The van der Waals surface area contributed by atoms with Gasteiger partial charge in [0, 0.05) is 18.8 Å². The van der Waals surface area contributed by atoms with Crippen LogP contribution < -0.4 is 5.73 Å². The van der Waals surface area contributed by atoms with E-state index in [0.717, 1.165) is 0 Å². The third-order valence-corrected chi connectivity index (χ3v) is 3.75. The van der Waals surface area contributed by atoms with Crippen molar-refractivity contribution in [2.75, 3.05) is 37.8 Å². The Morgan fingerprint density at radius 1 is 1.58 bits per heavy atom. The van der Waals surface area contributed by atoms with E-state index < -0.39 is 12.0 Å². The molecule has 2 unspecified atom stereocenters. The normalized spacial score (nSPS) is 21.0. The molecule has 2 N–H and O–H groups in total. The first-order chi connectivity index (χ1) is 9.04. The molecule has 0 saturated carbocycles. The van der Waals surface area contributed by atoms with Gasteiger partial charge in [-0.2, -0.15) is 0 Å². The number of carbonyl (C=O) groups is 2. The molecule has 0 spiro atoms. The van der Waals surface area contributed by atoms with E-state index in [2.05, 4.69) is 0 Å². The molecule has 2 atom stereocenters. The van der Waals surface area contributed by atoms with Crippen molar-refractivity contribution < 1.29 is 19.1 Å². The van der Waals surface area contributed by atoms with E-state index in [-0.39, 0.29) is 12.0 Å². The average Bonchev–Trinajstić information content (AvgIpc) is 2.38. The zero-order valence-electron chi connectivity index (χ0n) is 11.5. The van der Waals surface area contributed by atoms with E-state index >= 15 is 0 Å². The number of hydrogen-bond acceptors (Lipinski definition) is 6. The third kappa shape index (κ3) is 5.80. The van der Waals surface area contributed by atoms with Crippen LogP contribution in [0, 0.1) is 0 Å². The summed E-state index contributed by atoms with van der Waals surface area (Å²) >= 11 is 1.36. The van der Waals surface area contributed by atoms with E-state index in [9.17, 15) is 9.59 Å². The maximum atomic E-state index is 11.9. The van der Waals surface area contributed by atoms with Crippen molar-refractivity contribution in [2.45, 2.75) is 26.0 Å². The topological polar surface area (TPSA) is 81.9 Å². The molecular formula is C12H22N2O4S. The predicted octanol–water partition coefficient (Wildman–Crippen LogP) is -0.143. The van der Waals surface area contributed by atoms with Gasteiger partial charge < -0.3 is 20.1 Å². The minimum atomic E-state index is -0.665. The van der Waals surface area contributed by atoms with Crippen molar-refractivity contribution in [3.63, 3.8) is 0 Å². The van der Waals surface area contributed by atoms with Gasteiger partial charge in [-0.15, -0.1) is 11.8 Å². The van der Waals surface area contributed by atoms with Gasteiger partial charge in [0.25, 0.3) is 0 Å². The molecule has 6 nitrogen and oxygen atoms in total. The largest absolute Gasteiger partial charge is 0.465 e. The van der Waals surface area contributed by atoms with Crippen molar-refractivity contribution in [1.82, 2.24) is 4.90 Å². The summed E-state index contributed by atoms with van der Waals surface area (Å²) in [4.78, 5) is 25.0. The Kier molecular flexibility index (Phi) is 7.19. The van der Waals surface area contributed by atoms with Crippen LogP contribution in [0.5, 0.6) is 0 Å². The van der Waals surface area contributed by atoms with Crippen LogP contribution in [0.3, 0.4) is 0 Å². The van der Waals surface area contributed by atoms with Crippen LogP contribution in [0.25, 0.3) is 0 Å². The van der Waals surface area contributed by atoms with Crippen LogP contribution in [0.15, 0.2) is 0 Å². The molecule has 1 rings (SSSR count). The molecule has 1 aliphatic heterocycles. The molecular weight excluding hydrogens is 268 g/mol. The molecule has 1 heterocycles. The van der Waals surface area contributed by atoms with Crippen molar-refractivity contribution in [1.29, 1.82) is 0 Å². The monoisotopic (exact) mass is 290 g/mol. The summed E-state index contributed by atoms with van der Waals surface area (Å²) < 4.78 is 10.2. The lowest BCUT2D eigenvalue weighted by Gasteiger charge is -2.31. The summed E-state index contributed by atoms with van der Waals surface area (Å²) in [5, 5.41) is 0. The average molecular weight is 290 g/mol. The fourth-order valence-electron chi connectivity index (χ4n) is 1.73. The number of thioether (sulfide) groups is 1. The van der Waals surface area contributed by atoms with Gasteiger partial charge in [-0.05, 0) is 13.8 Å². The minimum absolute atomic E-state index is 0.0659. The first-order valence-corrected chi connectivity index (χ1v) is 7.59. The lowest BCUT2D eigenvalue weighted by Crippen LogP contribution is -2.45. The number of amides is 1. The van der Waals surface area contributed by atoms with Crippen LogP contribution in [-0.4, -0.2) is 66.7 Å². The first-order valence-electron chi connectivity index (χ1n) is 6.44. The number of ether oxygens (including phenoxy) is 2. The highest BCUT2D eigenvalue weighted by Crippen LogP contribution is 2.09. The van der Waals surface area contributed by atoms with E-state index in [1.54, 1.807) is 11.8 Å². The van der Waals surface area contributed by atoms with Gasteiger partial charge in [-0.1, -0.05) is 0 Å². The Balaban J connectivity index is 2.21. The molecule has 110 valence electrons. The predicted molar refractivity (Wildman–Crippen MR) is 73.9 cm³/mol. The fourth-order valence-corrected chi connectivity index (χ4v) is 2.59. The van der Waals surface area contributed by atoms with Gasteiger partial charge >= 0.3 is 5.97 Å². The Morgan fingerprint density at radius 2 is 2.32 bits per heavy atom. The fraction of sp³-hybridized carbons (Fsp3) is 0.833. The van der Waals surface area contributed by atoms with E-state index in [4.69, 9.17) is 15.2 Å². The summed E-state index contributed by atoms with van der Waals surface area (Å²) in [5.74, 6) is 0.378. The van der Waals surface area contributed by atoms with Crippen LogP contribution >= 0.6 is 11.8 Å². The van der Waals surface area contributed by atoms with Gasteiger partial charge in [0.1, 0.15) is 6.04 Å². The number of morpholine rings is 1. The smallest absolute Gasteiger partial charge is 0.323 e. The second-order valence-electron chi connectivity index (χ2n) is 4.39. The van der Waals surface area contributed by atoms with Crippen molar-refractivity contribution in [3.05, 3.63) is 0 Å². The number of esters is 1. The highest BCUT2D eigenvalue weighted by Gasteiger charge is 2.22. The van der Waals surface area contributed by atoms with Crippen molar-refractivity contribution in [3.8, 4) is 0 Å². The van der Waals surface area contributed by atoms with Crippen LogP contribution in [-0.2, 0) is 19.1 Å². The molecule has 0 aromatic carbocycles. The summed E-state index contributed by atoms with van der Waals surface area (Å²) in [7, 11) is 0. The number of nitrogens with zero attached hydrogens (tertiary/aromatic N) is 1. The van der Waals surface area contributed by atoms with Crippen LogP contribution in [0.1, 0.15) is 13.8 Å². The Labute approximate surface area is 118 Å². The summed E-state index contributed by atoms with van der Waals surface area (Å²) in [6, 6.07) is -0.665. The molecule has 0 radical (unpaired) electrons. The quantitative estimate of drug-likeness (QED) is 0.686. The van der Waals surface area contributed by atoms with Crippen LogP contribution in [0.2, 0.25) is 0 Å². The zero-order valence-corrected chi connectivity index (χ0v) is 12.3. The van der Waals surface area contributed by atoms with Crippen molar-refractivity contribution >= 4 is 23.6 Å². The summed E-state index contributed by atoms with van der Waals surface area (Å²) in [6.45, 7) is 5.85. The molecule has 1 saturated heterocycles. The summed E-state index contributed by atoms with van der Waals surface area (Å²) in [5.41, 5.74) is 5.65. The number of nitrogens with two attached hydrogens (primary N) is 1. The molecule has 1 amide bonds. The highest BCUT2D eigenvalue weighted by atomic mass is 32.2. The molecule has 0 aromatic rings. The Morgan fingerprint density at radius 3 is 2.95 bits per heavy atom. The standard InChI is InChI=1S/C12H22N2O4S/c1-3-17-12(16)10(13)7-19-8-11(15)14-4-5-18-9(2)6-14/h9-10H,3-8,13H2,1-2H3. The Hall–Kier alpha value is -0.790. The minimum Gasteiger partial charge on any atom is -0.465 e.